The van der Waals surface area contributed by atoms with Gasteiger partial charge >= 0.3 is 12.0 Å². The van der Waals surface area contributed by atoms with Crippen molar-refractivity contribution in [3.05, 3.63) is 0 Å². The first-order valence-electron chi connectivity index (χ1n) is 7.23. The molecule has 0 aromatic heterocycles. The zero-order chi connectivity index (χ0) is 16.0. The minimum atomic E-state index is -1.29. The monoisotopic (exact) mass is 298 g/mol. The fourth-order valence-electron chi connectivity index (χ4n) is 2.84. The maximum atomic E-state index is 12.3. The summed E-state index contributed by atoms with van der Waals surface area (Å²) in [6.45, 7) is 3.77. The Balaban J connectivity index is 2.89. The van der Waals surface area contributed by atoms with Crippen LogP contribution in [-0.2, 0) is 14.4 Å². The largest absolute Gasteiger partial charge is 0.481 e. The molecule has 118 valence electrons. The lowest BCUT2D eigenvalue weighted by atomic mass is 9.68. The summed E-state index contributed by atoms with van der Waals surface area (Å²) in [5.41, 5.74) is -1.29. The molecule has 1 fully saturated rings. The summed E-state index contributed by atoms with van der Waals surface area (Å²) in [6.07, 6.45) is 2.56. The van der Waals surface area contributed by atoms with E-state index in [0.717, 1.165) is 6.42 Å². The highest BCUT2D eigenvalue weighted by Gasteiger charge is 2.52. The number of carboxylic acid groups (broad SMARTS) is 1. The average molecular weight is 298 g/mol. The molecule has 1 heterocycles. The molecule has 7 heteroatoms. The van der Waals surface area contributed by atoms with Crippen LogP contribution in [0.4, 0.5) is 4.79 Å². The number of unbranched alkanes of at least 4 members (excludes halogenated alkanes) is 1. The summed E-state index contributed by atoms with van der Waals surface area (Å²) in [5, 5.41) is 13.0. The van der Waals surface area contributed by atoms with Crippen LogP contribution in [0.1, 0.15) is 52.4 Å². The summed E-state index contributed by atoms with van der Waals surface area (Å²) in [4.78, 5) is 46.3. The molecule has 7 nitrogen and oxygen atoms in total. The van der Waals surface area contributed by atoms with Crippen LogP contribution in [-0.4, -0.2) is 28.9 Å². The third-order valence-electron chi connectivity index (χ3n) is 4.04. The van der Waals surface area contributed by atoms with E-state index in [1.807, 2.05) is 13.8 Å². The topological polar surface area (TPSA) is 113 Å². The summed E-state index contributed by atoms with van der Waals surface area (Å²) in [7, 11) is 0. The van der Waals surface area contributed by atoms with Crippen LogP contribution >= 0.6 is 0 Å². The van der Waals surface area contributed by atoms with Crippen molar-refractivity contribution in [3.8, 4) is 0 Å². The Kier molecular flexibility index (Phi) is 5.87. The lowest BCUT2D eigenvalue weighted by Crippen LogP contribution is -2.64. The molecule has 0 aliphatic carbocycles. The van der Waals surface area contributed by atoms with Gasteiger partial charge in [0.1, 0.15) is 5.41 Å². The van der Waals surface area contributed by atoms with Crippen LogP contribution in [0, 0.1) is 11.3 Å². The molecule has 1 atom stereocenters. The molecular formula is C14H22N2O5. The highest BCUT2D eigenvalue weighted by atomic mass is 16.4. The number of nitrogens with one attached hydrogen (secondary N) is 2. The third kappa shape index (κ3) is 3.80. The van der Waals surface area contributed by atoms with Crippen LogP contribution < -0.4 is 10.6 Å². The molecule has 1 unspecified atom stereocenters. The van der Waals surface area contributed by atoms with Crippen LogP contribution in [0.15, 0.2) is 0 Å². The van der Waals surface area contributed by atoms with E-state index in [0.29, 0.717) is 19.3 Å². The van der Waals surface area contributed by atoms with Crippen molar-refractivity contribution in [2.45, 2.75) is 52.4 Å². The van der Waals surface area contributed by atoms with Crippen molar-refractivity contribution in [3.63, 3.8) is 0 Å². The fraction of sp³-hybridized carbons (Fsp3) is 0.714. The van der Waals surface area contributed by atoms with Crippen LogP contribution in [0.2, 0.25) is 0 Å². The Labute approximate surface area is 123 Å². The normalized spacial score (nSPS) is 18.9. The van der Waals surface area contributed by atoms with Gasteiger partial charge in [-0.25, -0.2) is 4.79 Å². The highest BCUT2D eigenvalue weighted by Crippen LogP contribution is 2.38. The standard InChI is InChI=1S/C14H22N2O5/c1-3-6-9(2)14(8-5-4-7-10(17)18)11(19)15-13(21)16-12(14)20/h9H,3-8H2,1-2H3,(H,17,18)(H2,15,16,19,20,21). The van der Waals surface area contributed by atoms with Gasteiger partial charge < -0.3 is 5.11 Å². The van der Waals surface area contributed by atoms with E-state index in [-0.39, 0.29) is 18.8 Å². The first-order chi connectivity index (χ1) is 9.84. The number of hydrogen-bond donors (Lipinski definition) is 3. The zero-order valence-corrected chi connectivity index (χ0v) is 12.4. The Morgan fingerprint density at radius 2 is 1.76 bits per heavy atom. The number of barbiturate groups is 1. The SMILES string of the molecule is CCCC(C)C1(CCCCC(=O)O)C(=O)NC(=O)NC1=O. The average Bonchev–Trinajstić information content (AvgIpc) is 2.37. The van der Waals surface area contributed by atoms with Gasteiger partial charge in [0.05, 0.1) is 0 Å². The van der Waals surface area contributed by atoms with Crippen molar-refractivity contribution in [2.24, 2.45) is 11.3 Å². The van der Waals surface area contributed by atoms with E-state index in [4.69, 9.17) is 5.11 Å². The van der Waals surface area contributed by atoms with Crippen LogP contribution in [0.3, 0.4) is 0 Å². The number of carbonyl (C=O) groups excluding carboxylic acids is 3. The van der Waals surface area contributed by atoms with E-state index in [9.17, 15) is 19.2 Å². The summed E-state index contributed by atoms with van der Waals surface area (Å²) in [5.74, 6) is -2.28. The molecular weight excluding hydrogens is 276 g/mol. The van der Waals surface area contributed by atoms with E-state index in [1.165, 1.54) is 0 Å². The first kappa shape index (κ1) is 17.1. The highest BCUT2D eigenvalue weighted by molar-refractivity contribution is 6.19. The van der Waals surface area contributed by atoms with Gasteiger partial charge in [-0.1, -0.05) is 26.7 Å². The van der Waals surface area contributed by atoms with E-state index >= 15 is 0 Å². The number of imide groups is 2. The maximum Gasteiger partial charge on any atom is 0.328 e. The van der Waals surface area contributed by atoms with Crippen molar-refractivity contribution >= 4 is 23.8 Å². The number of hydrogen-bond acceptors (Lipinski definition) is 4. The quantitative estimate of drug-likeness (QED) is 0.463. The van der Waals surface area contributed by atoms with Gasteiger partial charge in [-0.3, -0.25) is 25.0 Å². The molecule has 0 aromatic carbocycles. The van der Waals surface area contributed by atoms with Gasteiger partial charge in [0, 0.05) is 6.42 Å². The van der Waals surface area contributed by atoms with Gasteiger partial charge in [-0.2, -0.15) is 0 Å². The number of carboxylic acids is 1. The molecule has 0 bridgehead atoms. The molecule has 0 saturated carbocycles. The van der Waals surface area contributed by atoms with Gasteiger partial charge in [-0.15, -0.1) is 0 Å². The lowest BCUT2D eigenvalue weighted by Gasteiger charge is -2.38. The van der Waals surface area contributed by atoms with Crippen molar-refractivity contribution < 1.29 is 24.3 Å². The van der Waals surface area contributed by atoms with Crippen molar-refractivity contribution in [1.29, 1.82) is 0 Å². The molecule has 3 N–H and O–H groups in total. The molecule has 4 amide bonds. The molecule has 0 spiro atoms. The second-order valence-electron chi connectivity index (χ2n) is 5.50. The van der Waals surface area contributed by atoms with Crippen molar-refractivity contribution in [2.75, 3.05) is 0 Å². The van der Waals surface area contributed by atoms with Gasteiger partial charge in [0.25, 0.3) is 0 Å². The maximum absolute atomic E-state index is 12.3. The van der Waals surface area contributed by atoms with Gasteiger partial charge in [-0.05, 0) is 25.2 Å². The number of aliphatic carboxylic acids is 1. The second-order valence-corrected chi connectivity index (χ2v) is 5.50. The number of urea groups is 1. The predicted molar refractivity (Wildman–Crippen MR) is 74.3 cm³/mol. The Hall–Kier alpha value is -1.92. The first-order valence-corrected chi connectivity index (χ1v) is 7.23. The molecule has 1 rings (SSSR count). The minimum absolute atomic E-state index is 0.000404. The van der Waals surface area contributed by atoms with E-state index in [2.05, 4.69) is 10.6 Å². The Morgan fingerprint density at radius 3 is 2.24 bits per heavy atom. The molecule has 0 aromatic rings. The van der Waals surface area contributed by atoms with E-state index in [1.54, 1.807) is 0 Å². The summed E-state index contributed by atoms with van der Waals surface area (Å²) >= 11 is 0. The predicted octanol–water partition coefficient (Wildman–Crippen LogP) is 1.42. The third-order valence-corrected chi connectivity index (χ3v) is 4.04. The fourth-order valence-corrected chi connectivity index (χ4v) is 2.84. The molecule has 1 saturated heterocycles. The number of rotatable bonds is 8. The molecule has 0 radical (unpaired) electrons. The Morgan fingerprint density at radius 1 is 1.19 bits per heavy atom. The Bertz CT molecular complexity index is 427. The van der Waals surface area contributed by atoms with E-state index < -0.39 is 29.2 Å². The molecule has 1 aliphatic heterocycles. The van der Waals surface area contributed by atoms with Crippen molar-refractivity contribution in [1.82, 2.24) is 10.6 Å². The summed E-state index contributed by atoms with van der Waals surface area (Å²) in [6, 6.07) is -0.796. The summed E-state index contributed by atoms with van der Waals surface area (Å²) < 4.78 is 0. The van der Waals surface area contributed by atoms with Crippen LogP contribution in [0.25, 0.3) is 0 Å². The molecule has 21 heavy (non-hydrogen) atoms. The lowest BCUT2D eigenvalue weighted by molar-refractivity contribution is -0.149. The second kappa shape index (κ2) is 7.19. The van der Waals surface area contributed by atoms with Crippen LogP contribution in [0.5, 0.6) is 0 Å². The zero-order valence-electron chi connectivity index (χ0n) is 12.4. The van der Waals surface area contributed by atoms with Gasteiger partial charge in [0.2, 0.25) is 11.8 Å². The number of amides is 4. The minimum Gasteiger partial charge on any atom is -0.481 e. The number of carbonyl (C=O) groups is 4. The molecule has 1 aliphatic rings. The smallest absolute Gasteiger partial charge is 0.328 e. The van der Waals surface area contributed by atoms with Gasteiger partial charge in [0.15, 0.2) is 0 Å².